The number of halogens is 2. The molecule has 4 rings (SSSR count). The van der Waals surface area contributed by atoms with Gasteiger partial charge in [-0.1, -0.05) is 0 Å². The van der Waals surface area contributed by atoms with E-state index in [1.54, 1.807) is 13.1 Å². The predicted octanol–water partition coefficient (Wildman–Crippen LogP) is 2.66. The lowest BCUT2D eigenvalue weighted by Crippen LogP contribution is -2.31. The quantitative estimate of drug-likeness (QED) is 0.643. The van der Waals surface area contributed by atoms with Gasteiger partial charge in [-0.25, -0.2) is 14.1 Å². The molecule has 1 fully saturated rings. The van der Waals surface area contributed by atoms with Crippen molar-refractivity contribution in [3.63, 3.8) is 0 Å². The molecule has 3 heterocycles. The van der Waals surface area contributed by atoms with Crippen molar-refractivity contribution in [2.24, 2.45) is 7.05 Å². The van der Waals surface area contributed by atoms with Crippen molar-refractivity contribution in [2.75, 3.05) is 23.3 Å². The first-order valence-corrected chi connectivity index (χ1v) is 10.2. The van der Waals surface area contributed by atoms with Crippen LogP contribution < -0.4 is 15.8 Å². The average molecular weight is 463 g/mol. The van der Waals surface area contributed by atoms with Crippen molar-refractivity contribution < 1.29 is 9.18 Å². The summed E-state index contributed by atoms with van der Waals surface area (Å²) in [6.07, 6.45) is 4.61. The van der Waals surface area contributed by atoms with E-state index in [-0.39, 0.29) is 12.1 Å². The van der Waals surface area contributed by atoms with Gasteiger partial charge in [-0.2, -0.15) is 5.10 Å². The van der Waals surface area contributed by atoms with Gasteiger partial charge in [0, 0.05) is 20.1 Å². The Bertz CT molecular complexity index is 1140. The Morgan fingerprint density at radius 3 is 2.79 bits per heavy atom. The van der Waals surface area contributed by atoms with E-state index in [1.807, 2.05) is 0 Å². The zero-order valence-corrected chi connectivity index (χ0v) is 17.4. The zero-order valence-electron chi connectivity index (χ0n) is 15.9. The molecule has 0 radical (unpaired) electrons. The number of piperidine rings is 1. The molecular weight excluding hydrogens is 443 g/mol. The summed E-state index contributed by atoms with van der Waals surface area (Å²) in [5.41, 5.74) is 1.24. The number of aryl methyl sites for hydroxylation is 1. The molecule has 8 nitrogen and oxygen atoms in total. The summed E-state index contributed by atoms with van der Waals surface area (Å²) in [5.74, 6) is -0.863. The lowest BCUT2D eigenvalue weighted by Gasteiger charge is -2.30. The molecule has 0 aliphatic carbocycles. The van der Waals surface area contributed by atoms with Gasteiger partial charge in [0.15, 0.2) is 5.65 Å². The highest BCUT2D eigenvalue weighted by atomic mass is 79.9. The summed E-state index contributed by atoms with van der Waals surface area (Å²) in [6, 6.07) is 4.38. The maximum absolute atomic E-state index is 13.8. The van der Waals surface area contributed by atoms with Crippen LogP contribution in [0.5, 0.6) is 0 Å². The molecule has 29 heavy (non-hydrogen) atoms. The number of aromatic nitrogens is 4. The van der Waals surface area contributed by atoms with Crippen LogP contribution in [0.15, 0.2) is 33.9 Å². The Kier molecular flexibility index (Phi) is 5.35. The summed E-state index contributed by atoms with van der Waals surface area (Å²) < 4.78 is 16.9. The number of carbonyl (C=O) groups excluding carboxylic acids is 1. The number of fused-ring (bicyclic) bond motifs is 1. The molecule has 1 N–H and O–H groups in total. The van der Waals surface area contributed by atoms with Crippen molar-refractivity contribution in [2.45, 2.75) is 25.8 Å². The number of carbonyl (C=O) groups is 1. The second-order valence-electron chi connectivity index (χ2n) is 7.05. The number of benzene rings is 1. The Morgan fingerprint density at radius 1 is 1.28 bits per heavy atom. The summed E-state index contributed by atoms with van der Waals surface area (Å²) >= 11 is 3.25. The van der Waals surface area contributed by atoms with Crippen molar-refractivity contribution >= 4 is 44.2 Å². The van der Waals surface area contributed by atoms with Gasteiger partial charge in [-0.15, -0.1) is 0 Å². The minimum absolute atomic E-state index is 0.237. The molecule has 0 spiro atoms. The molecule has 1 aliphatic rings. The number of rotatable bonds is 4. The molecule has 1 saturated heterocycles. The Hall–Kier alpha value is -2.75. The predicted molar refractivity (Wildman–Crippen MR) is 112 cm³/mol. The molecule has 2 aromatic heterocycles. The highest BCUT2D eigenvalue weighted by Gasteiger charge is 2.18. The van der Waals surface area contributed by atoms with E-state index in [4.69, 9.17) is 0 Å². The van der Waals surface area contributed by atoms with Crippen LogP contribution in [0.1, 0.15) is 19.3 Å². The number of hydrogen-bond acceptors (Lipinski definition) is 5. The maximum atomic E-state index is 13.8. The van der Waals surface area contributed by atoms with Crippen LogP contribution in [-0.4, -0.2) is 38.3 Å². The Balaban J connectivity index is 1.58. The van der Waals surface area contributed by atoms with Crippen LogP contribution >= 0.6 is 15.9 Å². The summed E-state index contributed by atoms with van der Waals surface area (Å²) in [4.78, 5) is 31.7. The molecule has 3 aromatic rings. The van der Waals surface area contributed by atoms with E-state index in [2.05, 4.69) is 36.2 Å². The Morgan fingerprint density at radius 2 is 2.03 bits per heavy atom. The van der Waals surface area contributed by atoms with Gasteiger partial charge >= 0.3 is 0 Å². The van der Waals surface area contributed by atoms with Gasteiger partial charge in [-0.05, 0) is 53.4 Å². The van der Waals surface area contributed by atoms with E-state index >= 15 is 0 Å². The second-order valence-corrected chi connectivity index (χ2v) is 7.80. The molecule has 0 bridgehead atoms. The Labute approximate surface area is 174 Å². The molecule has 1 aliphatic heterocycles. The third-order valence-electron chi connectivity index (χ3n) is 5.01. The fraction of sp³-hybridized carbons (Fsp3) is 0.368. The van der Waals surface area contributed by atoms with Gasteiger partial charge in [0.25, 0.3) is 5.56 Å². The molecule has 0 atom stereocenters. The van der Waals surface area contributed by atoms with Crippen LogP contribution in [0.4, 0.5) is 15.8 Å². The van der Waals surface area contributed by atoms with Crippen molar-refractivity contribution in [1.29, 1.82) is 0 Å². The first-order chi connectivity index (χ1) is 13.9. The van der Waals surface area contributed by atoms with Crippen molar-refractivity contribution in [3.05, 3.63) is 45.3 Å². The number of anilines is 2. The highest BCUT2D eigenvalue weighted by molar-refractivity contribution is 9.10. The molecule has 152 valence electrons. The van der Waals surface area contributed by atoms with Crippen LogP contribution in [0.2, 0.25) is 0 Å². The molecule has 10 heteroatoms. The lowest BCUT2D eigenvalue weighted by molar-refractivity contribution is -0.116. The smallest absolute Gasteiger partial charge is 0.266 e. The first-order valence-electron chi connectivity index (χ1n) is 9.36. The molecule has 1 aromatic carbocycles. The monoisotopic (exact) mass is 462 g/mol. The van der Waals surface area contributed by atoms with Crippen molar-refractivity contribution in [3.8, 4) is 0 Å². The molecule has 1 amide bonds. The fourth-order valence-electron chi connectivity index (χ4n) is 3.61. The second kappa shape index (κ2) is 7.94. The van der Waals surface area contributed by atoms with Gasteiger partial charge in [-0.3, -0.25) is 14.2 Å². The first kappa shape index (κ1) is 19.6. The summed E-state index contributed by atoms with van der Waals surface area (Å²) in [6.45, 7) is 1.49. The summed E-state index contributed by atoms with van der Waals surface area (Å²) in [7, 11) is 1.68. The van der Waals surface area contributed by atoms with Crippen molar-refractivity contribution in [1.82, 2.24) is 19.3 Å². The van der Waals surface area contributed by atoms with Crippen LogP contribution in [0.25, 0.3) is 11.0 Å². The van der Waals surface area contributed by atoms with E-state index in [1.165, 1.54) is 34.1 Å². The third-order valence-corrected chi connectivity index (χ3v) is 5.57. The number of nitrogens with zero attached hydrogens (tertiary/aromatic N) is 5. The largest absolute Gasteiger partial charge is 0.370 e. The van der Waals surface area contributed by atoms with E-state index in [0.29, 0.717) is 21.3 Å². The van der Waals surface area contributed by atoms with Gasteiger partial charge < -0.3 is 10.2 Å². The molecule has 0 saturated carbocycles. The summed E-state index contributed by atoms with van der Waals surface area (Å²) in [5, 5.41) is 7.18. The van der Waals surface area contributed by atoms with E-state index in [0.717, 1.165) is 31.6 Å². The topological polar surface area (TPSA) is 85.0 Å². The van der Waals surface area contributed by atoms with Crippen LogP contribution in [-0.2, 0) is 18.4 Å². The number of nitrogens with one attached hydrogen (secondary N) is 1. The fourth-order valence-corrected chi connectivity index (χ4v) is 4.20. The van der Waals surface area contributed by atoms with Gasteiger partial charge in [0.1, 0.15) is 28.7 Å². The normalized spacial score (nSPS) is 14.4. The highest BCUT2D eigenvalue weighted by Crippen LogP contribution is 2.29. The van der Waals surface area contributed by atoms with Crippen LogP contribution in [0.3, 0.4) is 0 Å². The molecule has 0 unspecified atom stereocenters. The third kappa shape index (κ3) is 3.89. The number of hydrogen-bond donors (Lipinski definition) is 1. The lowest BCUT2D eigenvalue weighted by atomic mass is 10.1. The van der Waals surface area contributed by atoms with Crippen LogP contribution in [0, 0.1) is 5.82 Å². The number of amides is 1. The van der Waals surface area contributed by atoms with Gasteiger partial charge in [0.2, 0.25) is 5.91 Å². The van der Waals surface area contributed by atoms with Gasteiger partial charge in [0.05, 0.1) is 11.4 Å². The van der Waals surface area contributed by atoms with E-state index < -0.39 is 11.7 Å². The molecular formula is C19H20BrFN6O2. The van der Waals surface area contributed by atoms with E-state index in [9.17, 15) is 14.0 Å². The minimum atomic E-state index is -0.433. The maximum Gasteiger partial charge on any atom is 0.266 e. The average Bonchev–Trinajstić information content (AvgIpc) is 2.99. The SMILES string of the molecule is Cn1nc(Br)c2c(=O)n(CC(=O)Nc3cc(F)ccc3N3CCCCC3)cnc21. The zero-order chi connectivity index (χ0) is 20.5. The standard InChI is InChI=1S/C19H20BrFN6O2/c1-25-18-16(17(20)24-25)19(29)27(11-22-18)10-15(28)23-13-9-12(21)5-6-14(13)26-7-3-2-4-8-26/h5-6,9,11H,2-4,7-8,10H2,1H3,(H,23,28). The minimum Gasteiger partial charge on any atom is -0.370 e.